The number of fused-ring (bicyclic) bond motifs is 9. The molecule has 1 unspecified atom stereocenters. The van der Waals surface area contributed by atoms with Gasteiger partial charge < -0.3 is 9.13 Å². The van der Waals surface area contributed by atoms with E-state index in [1.807, 2.05) is 0 Å². The van der Waals surface area contributed by atoms with Crippen molar-refractivity contribution in [3.63, 3.8) is 0 Å². The highest BCUT2D eigenvalue weighted by Gasteiger charge is 2.42. The van der Waals surface area contributed by atoms with Gasteiger partial charge in [0, 0.05) is 49.1 Å². The molecule has 0 radical (unpaired) electrons. The van der Waals surface area contributed by atoms with Crippen molar-refractivity contribution in [2.45, 2.75) is 0 Å². The summed E-state index contributed by atoms with van der Waals surface area (Å²) in [5.41, 5.74) is -11.8. The molecule has 0 N–H and O–H groups in total. The zero-order valence-corrected chi connectivity index (χ0v) is 42.1. The van der Waals surface area contributed by atoms with E-state index < -0.39 is 417 Å². The van der Waals surface area contributed by atoms with E-state index in [0.29, 0.717) is 13.7 Å². The highest BCUT2D eigenvalue weighted by molar-refractivity contribution is 7.20. The number of para-hydroxylation sites is 7. The van der Waals surface area contributed by atoms with E-state index in [-0.39, 0.29) is 0 Å². The van der Waals surface area contributed by atoms with Crippen LogP contribution >= 0.6 is 0 Å². The third kappa shape index (κ3) is 7.44. The molecule has 0 spiro atoms. The van der Waals surface area contributed by atoms with Crippen LogP contribution in [-0.2, 0) is 0 Å². The molecule has 0 aliphatic heterocycles. The smallest absolute Gasteiger partial charge is 0.238 e. The molecule has 1 atom stereocenters. The van der Waals surface area contributed by atoms with Gasteiger partial charge in [0.1, 0.15) is 0 Å². The molecule has 384 valence electrons. The predicted octanol–water partition coefficient (Wildman–Crippen LogP) is 15.5. The molecule has 0 saturated carbocycles. The molecule has 0 aliphatic carbocycles. The van der Waals surface area contributed by atoms with Crippen molar-refractivity contribution in [3.8, 4) is 51.2 Å². The van der Waals surface area contributed by atoms with Crippen molar-refractivity contribution in [1.82, 2.24) is 28.7 Å². The first-order valence-electron chi connectivity index (χ1n) is 46.8. The maximum absolute atomic E-state index is 11.2. The van der Waals surface area contributed by atoms with Crippen molar-refractivity contribution in [2.24, 2.45) is 0 Å². The van der Waals surface area contributed by atoms with Crippen LogP contribution in [0.15, 0.2) is 302 Å². The van der Waals surface area contributed by atoms with Gasteiger partial charge in [-0.15, -0.1) is 0 Å². The Balaban J connectivity index is 1.17. The summed E-state index contributed by atoms with van der Waals surface area (Å²) < 4.78 is 430. The van der Waals surface area contributed by atoms with Gasteiger partial charge in [-0.3, -0.25) is 4.57 Å². The normalized spacial score (nSPS) is 20.2. The van der Waals surface area contributed by atoms with Gasteiger partial charge in [-0.2, -0.15) is 9.97 Å². The number of benzene rings is 12. The maximum Gasteiger partial charge on any atom is 0.238 e. The van der Waals surface area contributed by atoms with Gasteiger partial charge in [-0.25, -0.2) is 4.98 Å². The Labute approximate surface area is 538 Å². The van der Waals surface area contributed by atoms with E-state index in [9.17, 15) is 41.1 Å². The summed E-state index contributed by atoms with van der Waals surface area (Å²) in [5, 5.41) is -8.30. The van der Waals surface area contributed by atoms with Crippen LogP contribution in [-0.4, -0.2) is 36.7 Å². The van der Waals surface area contributed by atoms with Crippen LogP contribution in [0.25, 0.3) is 117 Å². The molecule has 6 nitrogen and oxygen atoms in total. The molecule has 7 heteroatoms. The minimum atomic E-state index is -6.61. The van der Waals surface area contributed by atoms with E-state index in [1.54, 1.807) is 0 Å². The lowest BCUT2D eigenvalue weighted by atomic mass is 10.1. The van der Waals surface area contributed by atoms with Crippen molar-refractivity contribution < 1.29 is 61.7 Å². The predicted molar refractivity (Wildman–Crippen MR) is 343 cm³/mol. The summed E-state index contributed by atoms with van der Waals surface area (Å²) in [6.07, 6.45) is 0. The Bertz CT molecular complexity index is 7610. The van der Waals surface area contributed by atoms with Crippen LogP contribution in [0.3, 0.4) is 0 Å². The quantitative estimate of drug-likeness (QED) is 0.101. The Morgan fingerprint density at radius 2 is 0.720 bits per heavy atom. The lowest BCUT2D eigenvalue weighted by Crippen LogP contribution is -2.74. The molecule has 82 heavy (non-hydrogen) atoms. The van der Waals surface area contributed by atoms with Gasteiger partial charge >= 0.3 is 0 Å². The monoisotopic (exact) mass is 1110 g/mol. The van der Waals surface area contributed by atoms with Gasteiger partial charge in [0.25, 0.3) is 0 Å². The summed E-state index contributed by atoms with van der Waals surface area (Å²) in [6.45, 7) is 0. The Morgan fingerprint density at radius 3 is 1.27 bits per heavy atom. The van der Waals surface area contributed by atoms with Gasteiger partial charge in [-0.1, -0.05) is 242 Å². The standard InChI is InChI=1S/C75H50N6Si/c1-3-23-51(24-4-1)52-25-21-29-57(49-52)82(55-27-5-2-6-28-55,56-47-45-54(46-48-56)79-66-38-14-7-31-59(66)60-32-8-15-39-67(60)79)58-30-22-26-53(50-58)73-76-74(78-75(77-73)81-70-42-18-11-35-63(70)64-36-12-19-43-71(64)81)65-37-13-20-44-72(65)80-68-40-16-9-33-61(68)62-34-10-17-41-69(62)80/h1-50H/i1D,3D,4D,7D,8D,9D,10D,11D,12D,13D,14D,15D,16D,17D,18D,19D,20D,21D,22D,23D,24D,25D,26D,29D,30D,31D,32D,33D,34D,35D,36D,37D,38D,39D,40D,41D,42D,43D,44D,45D,46D,47D,48D,49D,50D. The number of nitrogens with zero attached hydrogens (tertiary/aromatic N) is 6. The molecule has 0 aliphatic rings. The number of hydrogen-bond acceptors (Lipinski definition) is 3. The van der Waals surface area contributed by atoms with Crippen molar-refractivity contribution >= 4 is 94.2 Å². The largest absolute Gasteiger partial charge is 0.309 e. The Hall–Kier alpha value is -10.7. The van der Waals surface area contributed by atoms with Gasteiger partial charge in [0.2, 0.25) is 5.95 Å². The topological polar surface area (TPSA) is 53.5 Å². The fraction of sp³-hybridized carbons (Fsp3) is 0. The van der Waals surface area contributed by atoms with Crippen LogP contribution in [0.2, 0.25) is 0 Å². The van der Waals surface area contributed by atoms with Crippen molar-refractivity contribution in [2.75, 3.05) is 0 Å². The minimum absolute atomic E-state index is 0.558. The van der Waals surface area contributed by atoms with Crippen LogP contribution in [0.4, 0.5) is 0 Å². The van der Waals surface area contributed by atoms with Crippen LogP contribution in [0, 0.1) is 0 Å². The summed E-state index contributed by atoms with van der Waals surface area (Å²) in [4.78, 5) is 14.1. The number of aromatic nitrogens is 6. The SMILES string of the molecule is [2H]c1c([2H])c([2H])c(-c2c([2H])c([2H])c([2H])c([Si](c3ccccc3)(c3c([2H])c([2H])c(-n4c5c([2H])c([2H])c([2H])c([2H])c5c5c([2H])c([2H])c([2H])c([2H])c54)c([2H])c3[2H])c3c([2H])c([2H])c([2H])c(-c4nc(-c5c([2H])c([2H])c([2H])c([2H])c5-n5c6c([2H])c([2H])c([2H])c([2H])c6c6c([2H])c([2H])c([2H])c([2H])c65)nc(-n5c6c([2H])c([2H])c([2H])c([2H])c6c6c([2H])c([2H])c([2H])c([2H])c65)n4)c3[2H])c2[2H])c([2H])c1[2H]. The van der Waals surface area contributed by atoms with E-state index in [1.165, 1.54) is 18.2 Å². The second kappa shape index (κ2) is 19.3. The molecule has 16 rings (SSSR count). The summed E-state index contributed by atoms with van der Waals surface area (Å²) in [7, 11) is -6.61. The fourth-order valence-corrected chi connectivity index (χ4v) is 13.9. The summed E-state index contributed by atoms with van der Waals surface area (Å²) in [6, 6.07) is -46.1. The maximum atomic E-state index is 11.2. The lowest BCUT2D eigenvalue weighted by Gasteiger charge is -2.35. The Morgan fingerprint density at radius 1 is 0.293 bits per heavy atom. The highest BCUT2D eigenvalue weighted by atomic mass is 28.3. The number of rotatable bonds is 10. The average Bonchev–Trinajstić information content (AvgIpc) is 1.47. The number of hydrogen-bond donors (Lipinski definition) is 0. The first-order valence-corrected chi connectivity index (χ1v) is 26.3. The van der Waals surface area contributed by atoms with Gasteiger partial charge in [0.15, 0.2) is 19.7 Å². The first-order chi connectivity index (χ1) is 59.4. The molecule has 0 amide bonds. The molecule has 0 bridgehead atoms. The summed E-state index contributed by atoms with van der Waals surface area (Å²) in [5.74, 6) is -3.87. The van der Waals surface area contributed by atoms with E-state index in [4.69, 9.17) is 30.5 Å². The molecular formula is C75H50N6Si. The average molecular weight is 1110 g/mol. The highest BCUT2D eigenvalue weighted by Crippen LogP contribution is 2.38. The van der Waals surface area contributed by atoms with Gasteiger partial charge in [0.05, 0.1) is 100 Å². The molecule has 12 aromatic carbocycles. The zero-order valence-electron chi connectivity index (χ0n) is 86.1. The van der Waals surface area contributed by atoms with Crippen LogP contribution in [0.1, 0.15) is 61.7 Å². The third-order valence-corrected chi connectivity index (χ3v) is 17.6. The molecule has 4 heterocycles. The third-order valence-electron chi connectivity index (χ3n) is 13.4. The lowest BCUT2D eigenvalue weighted by molar-refractivity contribution is 0.952. The second-order valence-electron chi connectivity index (χ2n) is 17.7. The van der Waals surface area contributed by atoms with Crippen LogP contribution < -0.4 is 20.7 Å². The van der Waals surface area contributed by atoms with E-state index in [0.717, 1.165) is 12.1 Å². The van der Waals surface area contributed by atoms with Gasteiger partial charge in [-0.05, 0) is 92.3 Å². The van der Waals surface area contributed by atoms with E-state index >= 15 is 0 Å². The molecule has 0 fully saturated rings. The molecule has 4 aromatic heterocycles. The minimum Gasteiger partial charge on any atom is -0.309 e. The Kier molecular flexibility index (Phi) is 4.80. The van der Waals surface area contributed by atoms with Crippen LogP contribution in [0.5, 0.6) is 0 Å². The zero-order chi connectivity index (χ0) is 93.3. The summed E-state index contributed by atoms with van der Waals surface area (Å²) >= 11 is 0. The molecule has 0 saturated heterocycles. The fourth-order valence-electron chi connectivity index (χ4n) is 10.0. The molecular weight excluding hydrogens is 1010 g/mol. The first kappa shape index (κ1) is 20.4. The molecule has 16 aromatic rings. The second-order valence-corrected chi connectivity index (χ2v) is 21.3. The van der Waals surface area contributed by atoms with Crippen molar-refractivity contribution in [3.05, 3.63) is 302 Å². The van der Waals surface area contributed by atoms with E-state index in [2.05, 4.69) is 4.98 Å². The van der Waals surface area contributed by atoms with Crippen molar-refractivity contribution in [1.29, 1.82) is 0 Å².